The Morgan fingerprint density at radius 2 is 1.33 bits per heavy atom. The molecule has 5 N–H and O–H groups in total. The van der Waals surface area contributed by atoms with Gasteiger partial charge >= 0.3 is 18.0 Å². The quantitative estimate of drug-likeness (QED) is 0.0237. The van der Waals surface area contributed by atoms with Gasteiger partial charge in [-0.2, -0.15) is 0 Å². The number of rotatable bonds is 14. The number of ether oxygens (including phenoxy) is 13. The van der Waals surface area contributed by atoms with Crippen molar-refractivity contribution in [3.8, 4) is 0 Å². The van der Waals surface area contributed by atoms with Gasteiger partial charge in [0.2, 0.25) is 11.3 Å². The summed E-state index contributed by atoms with van der Waals surface area (Å²) in [6.07, 6.45) is -4.93. The first-order valence-electron chi connectivity index (χ1n) is 33.4. The van der Waals surface area contributed by atoms with Crippen molar-refractivity contribution in [3.05, 3.63) is 56.9 Å². The lowest BCUT2D eigenvalue weighted by Crippen LogP contribution is -2.65. The number of nitrogens with one attached hydrogen (secondary N) is 1. The summed E-state index contributed by atoms with van der Waals surface area (Å²) in [5.41, 5.74) is -4.75. The number of aliphatic hydroxyl groups is 4. The first-order chi connectivity index (χ1) is 43.9. The largest absolute Gasteiger partial charge is 0.511 e. The van der Waals surface area contributed by atoms with Gasteiger partial charge < -0.3 is 92.1 Å². The molecule has 2 unspecified atom stereocenters. The molecule has 6 saturated heterocycles. The zero-order valence-electron chi connectivity index (χ0n) is 55.7. The van der Waals surface area contributed by atoms with Crippen molar-refractivity contribution in [2.45, 2.75) is 288 Å². The molecular formula is C67H98N2O24. The Kier molecular flexibility index (Phi) is 21.6. The molecule has 1 amide bonds. The number of aliphatic hydroxyl groups excluding tert-OH is 4. The number of allylic oxidation sites excluding steroid dienone is 3. The lowest BCUT2D eigenvalue weighted by molar-refractivity contribution is -0.584. The van der Waals surface area contributed by atoms with E-state index in [-0.39, 0.29) is 50.4 Å². The van der Waals surface area contributed by atoms with Gasteiger partial charge in [-0.25, -0.2) is 9.59 Å². The van der Waals surface area contributed by atoms with Crippen LogP contribution in [0.15, 0.2) is 46.8 Å². The third-order valence-electron chi connectivity index (χ3n) is 22.1. The number of methoxy groups -OCH3 is 1. The predicted molar refractivity (Wildman–Crippen MR) is 325 cm³/mol. The van der Waals surface area contributed by atoms with Gasteiger partial charge in [-0.1, -0.05) is 50.6 Å². The van der Waals surface area contributed by atoms with E-state index < -0.39 is 209 Å². The zero-order chi connectivity index (χ0) is 67.5. The summed E-state index contributed by atoms with van der Waals surface area (Å²) in [5.74, 6) is -7.16. The predicted octanol–water partition coefficient (Wildman–Crippen LogP) is 6.44. The lowest BCUT2D eigenvalue weighted by atomic mass is 9.49. The van der Waals surface area contributed by atoms with Crippen molar-refractivity contribution >= 4 is 30.1 Å². The molecule has 10 aliphatic rings. The van der Waals surface area contributed by atoms with E-state index in [0.717, 1.165) is 12.7 Å². The second-order valence-electron chi connectivity index (χ2n) is 28.6. The molecule has 6 heterocycles. The minimum atomic E-state index is -2.13. The van der Waals surface area contributed by atoms with Crippen molar-refractivity contribution in [1.82, 2.24) is 5.32 Å². The third kappa shape index (κ3) is 14.1. The summed E-state index contributed by atoms with van der Waals surface area (Å²) in [4.78, 5) is 80.6. The van der Waals surface area contributed by atoms with Gasteiger partial charge in [0.25, 0.3) is 0 Å². The number of nitro groups is 1. The van der Waals surface area contributed by atoms with Gasteiger partial charge in [0.1, 0.15) is 35.9 Å². The number of alkyl carbamates (subject to hydrolysis) is 1. The number of carbonyl (C=O) groups is 5. The number of Topliss-reactive ketones (excluding diaryl/α,β-unsaturated/α-hetero) is 1. The maximum absolute atomic E-state index is 15.6. The Morgan fingerprint density at radius 3 is 1.99 bits per heavy atom. The molecule has 2 saturated carbocycles. The van der Waals surface area contributed by atoms with Crippen LogP contribution in [0.3, 0.4) is 0 Å². The highest BCUT2D eigenvalue weighted by Crippen LogP contribution is 2.61. The first-order valence-corrected chi connectivity index (χ1v) is 33.4. The fraction of sp³-hybridized carbons (Fsp3) is 0.806. The van der Waals surface area contributed by atoms with Crippen molar-refractivity contribution in [3.63, 3.8) is 0 Å². The third-order valence-corrected chi connectivity index (χ3v) is 22.1. The minimum Gasteiger partial charge on any atom is -0.511 e. The summed E-state index contributed by atoms with van der Waals surface area (Å²) in [7, 11) is 1.15. The second kappa shape index (κ2) is 28.3. The van der Waals surface area contributed by atoms with E-state index in [9.17, 15) is 49.7 Å². The van der Waals surface area contributed by atoms with Gasteiger partial charge in [0.15, 0.2) is 43.2 Å². The minimum absolute atomic E-state index is 0.0676. The van der Waals surface area contributed by atoms with Crippen LogP contribution in [-0.2, 0) is 80.8 Å². The summed E-state index contributed by atoms with van der Waals surface area (Å²) in [5, 5.41) is 62.1. The molecule has 6 aliphatic heterocycles. The van der Waals surface area contributed by atoms with Crippen LogP contribution in [-0.4, -0.2) is 197 Å². The van der Waals surface area contributed by atoms with Gasteiger partial charge in [-0.05, 0) is 104 Å². The summed E-state index contributed by atoms with van der Waals surface area (Å²) in [6, 6.07) is -1.12. The number of nitrogens with zero attached hydrogens (tertiary/aromatic N) is 1. The highest BCUT2D eigenvalue weighted by molar-refractivity contribution is 6.26. The van der Waals surface area contributed by atoms with Crippen LogP contribution in [0.2, 0.25) is 0 Å². The van der Waals surface area contributed by atoms with Crippen LogP contribution in [0, 0.1) is 57.0 Å². The molecule has 8 fully saturated rings. The van der Waals surface area contributed by atoms with Gasteiger partial charge in [0, 0.05) is 74.0 Å². The number of fused-ring (bicyclic) bond motifs is 4. The number of amides is 1. The van der Waals surface area contributed by atoms with E-state index in [0.29, 0.717) is 44.0 Å². The van der Waals surface area contributed by atoms with Crippen LogP contribution in [0.1, 0.15) is 154 Å². The van der Waals surface area contributed by atoms with Crippen molar-refractivity contribution < 1.29 is 111 Å². The Hall–Kier alpha value is -4.81. The lowest BCUT2D eigenvalue weighted by Gasteiger charge is -2.56. The molecule has 93 heavy (non-hydrogen) atoms. The van der Waals surface area contributed by atoms with E-state index in [1.807, 2.05) is 39.8 Å². The molecule has 0 radical (unpaired) electrons. The smallest absolute Gasteiger partial charge is 0.407 e. The molecule has 1 spiro atoms. The summed E-state index contributed by atoms with van der Waals surface area (Å²) >= 11 is 0. The number of carbonyl (C=O) groups excluding carboxylic acids is 5. The van der Waals surface area contributed by atoms with E-state index in [2.05, 4.69) is 25.2 Å². The number of aldehydes is 1. The second-order valence-corrected chi connectivity index (χ2v) is 28.6. The SMILES string of the molecule is COC(=O)N[C@H]1[C@@H](C)O[C@@H](O[C@H]2C/C=C(\C)[C@@H]3C=C[C@@H]4[C@@H](O[C@H]5C[C@@H](O[C@H]6CCC(O[C@H]7C[C@@H](O)C(O[C@H]8CC[C@@H](O)[C@H](C)O8)[C@H](C)O7)[C@H](C)O6)[C@@H](OC(C)=O)[C@H](C)O5)[C@H](C)C[C@H](C)[C@H]4[C@]3(C)C(O)=C3C(=O)O[C@]4(C[C@@H](C=O)C[C@H](O)[C@H]4C=C2C)C3=O)C[C@]1(C)[N+](=O)[O-]. The molecule has 0 aromatic rings. The topological polar surface area (TPSA) is 341 Å². The van der Waals surface area contributed by atoms with Crippen LogP contribution < -0.4 is 5.32 Å². The van der Waals surface area contributed by atoms with Gasteiger partial charge in [0.05, 0.1) is 86.6 Å². The number of hydrogen-bond acceptors (Lipinski definition) is 24. The van der Waals surface area contributed by atoms with Crippen LogP contribution in [0.4, 0.5) is 4.79 Å². The Balaban J connectivity index is 0.903. The fourth-order valence-corrected chi connectivity index (χ4v) is 17.3. The normalized spacial score (nSPS) is 47.7. The van der Waals surface area contributed by atoms with Crippen molar-refractivity contribution in [1.29, 1.82) is 0 Å². The molecule has 26 heteroatoms. The van der Waals surface area contributed by atoms with E-state index in [1.165, 1.54) is 13.8 Å². The van der Waals surface area contributed by atoms with Crippen LogP contribution >= 0.6 is 0 Å². The fourth-order valence-electron chi connectivity index (χ4n) is 17.3. The molecule has 4 aliphatic carbocycles. The Bertz CT molecular complexity index is 2890. The molecule has 10 rings (SSSR count). The van der Waals surface area contributed by atoms with E-state index in [4.69, 9.17) is 61.6 Å². The highest BCUT2D eigenvalue weighted by Gasteiger charge is 2.66. The van der Waals surface area contributed by atoms with Crippen molar-refractivity contribution in [2.75, 3.05) is 7.11 Å². The molecule has 30 atom stereocenters. The maximum atomic E-state index is 15.6. The molecule has 2 bridgehead atoms. The van der Waals surface area contributed by atoms with Gasteiger partial charge in [-0.15, -0.1) is 0 Å². The molecule has 26 nitrogen and oxygen atoms in total. The Labute approximate surface area is 543 Å². The van der Waals surface area contributed by atoms with Crippen LogP contribution in [0.25, 0.3) is 0 Å². The molecular weight excluding hydrogens is 1220 g/mol. The van der Waals surface area contributed by atoms with Crippen LogP contribution in [0.5, 0.6) is 0 Å². The average Bonchev–Trinajstić information content (AvgIpc) is 1.68. The zero-order valence-corrected chi connectivity index (χ0v) is 55.7. The monoisotopic (exact) mass is 1310 g/mol. The molecule has 520 valence electrons. The van der Waals surface area contributed by atoms with E-state index in [1.54, 1.807) is 33.8 Å². The molecule has 0 aromatic carbocycles. The highest BCUT2D eigenvalue weighted by atomic mass is 16.8. The average molecular weight is 1320 g/mol. The summed E-state index contributed by atoms with van der Waals surface area (Å²) in [6.45, 7) is 21.1. The first kappa shape index (κ1) is 71.0. The number of esters is 2. The number of ketones is 1. The number of hydrogen-bond donors (Lipinski definition) is 5. The van der Waals surface area contributed by atoms with E-state index >= 15 is 4.79 Å². The standard InChI is InChI=1S/C67H98N2O24/c1-30-14-18-47(88-54-28-65(11,69(79)80)60(38(9)86-54)68-64(78)81-13)31(2)23-43-45(73)24-40(29-70)27-67(43)62(76)55(63(77)93-67)61(75)66(12)42(30)16-15-41-56(66)32(3)22-33(4)57(41)92-53-26-49(59(37(8)85-53)87-39(10)71)90-50-21-19-48(35(6)83-50)89-52-25-46(74)58(36(7)84-52)91-51-20-17-44(72)34(5)82-51/h14-16,23,29,32-38,40-54,56-60,72-75H,17-22,24-28H2,1-13H3,(H,68,78)/b30-14+,31-23?,61-55?/t32-,33+,34-,35-,36-,37-,38+,40-,41-,42-,43+,44+,45-,46+,47-,48?,49+,50-,51-,52-,53-,54-,56+,57-,58?,59-,60-,65-,66+,67-/m0/s1. The maximum Gasteiger partial charge on any atom is 0.407 e. The van der Waals surface area contributed by atoms with Gasteiger partial charge in [-0.3, -0.25) is 19.7 Å². The van der Waals surface area contributed by atoms with Crippen molar-refractivity contribution in [2.24, 2.45) is 46.8 Å². The summed E-state index contributed by atoms with van der Waals surface area (Å²) < 4.78 is 81.6. The Morgan fingerprint density at radius 1 is 0.699 bits per heavy atom. The molecule has 0 aromatic heterocycles.